The van der Waals surface area contributed by atoms with Crippen LogP contribution >= 0.6 is 0 Å². The largest absolute Gasteiger partial charge is 0.265 e. The van der Waals surface area contributed by atoms with Crippen LogP contribution < -0.4 is 0 Å². The van der Waals surface area contributed by atoms with Crippen LogP contribution in [0.1, 0.15) is 5.56 Å². The Morgan fingerprint density at radius 3 is 2.50 bits per heavy atom. The Labute approximate surface area is 105 Å². The summed E-state index contributed by atoms with van der Waals surface area (Å²) in [5, 5.41) is 1.05. The predicted molar refractivity (Wildman–Crippen MR) is 66.9 cm³/mol. The molecule has 0 saturated heterocycles. The van der Waals surface area contributed by atoms with Crippen molar-refractivity contribution in [3.8, 4) is 0 Å². The highest BCUT2D eigenvalue weighted by atomic mass is 32.2. The second-order valence-corrected chi connectivity index (χ2v) is 5.42. The number of nitrogens with zero attached hydrogens (tertiary/aromatic N) is 1. The van der Waals surface area contributed by atoms with Gasteiger partial charge in [0.05, 0.1) is 4.90 Å². The van der Waals surface area contributed by atoms with E-state index in [-0.39, 0.29) is 4.90 Å². The fraction of sp³-hybridized carbons (Fsp3) is 0. The van der Waals surface area contributed by atoms with Crippen LogP contribution in [0, 0.1) is 5.82 Å². The molecule has 5 heteroatoms. The van der Waals surface area contributed by atoms with E-state index < -0.39 is 15.7 Å². The van der Waals surface area contributed by atoms with Crippen molar-refractivity contribution < 1.29 is 12.8 Å². The number of sulfone groups is 1. The molecule has 1 aromatic heterocycles. The van der Waals surface area contributed by atoms with Gasteiger partial charge < -0.3 is 0 Å². The molecule has 0 aliphatic rings. The van der Waals surface area contributed by atoms with Gasteiger partial charge in [0.15, 0.2) is 9.84 Å². The maximum absolute atomic E-state index is 13.0. The van der Waals surface area contributed by atoms with E-state index in [1.54, 1.807) is 24.5 Å². The molecule has 3 nitrogen and oxygen atoms in total. The summed E-state index contributed by atoms with van der Waals surface area (Å²) in [7, 11) is -3.62. The molecule has 18 heavy (non-hydrogen) atoms. The third kappa shape index (κ3) is 3.01. The zero-order chi connectivity index (χ0) is 13.0. The molecule has 0 fully saturated rings. The maximum atomic E-state index is 13.0. The minimum absolute atomic E-state index is 0.0622. The Hall–Kier alpha value is -2.01. The normalized spacial score (nSPS) is 11.8. The van der Waals surface area contributed by atoms with E-state index in [9.17, 15) is 12.8 Å². The average Bonchev–Trinajstić information content (AvgIpc) is 2.38. The Bertz CT molecular complexity index is 666. The van der Waals surface area contributed by atoms with Gasteiger partial charge in [-0.3, -0.25) is 4.98 Å². The standard InChI is InChI=1S/C13H10FNO2S/c14-12-2-1-3-13(10-12)18(16,17)9-6-11-4-7-15-8-5-11/h1-10H/b9-6+. The first kappa shape index (κ1) is 12.4. The van der Waals surface area contributed by atoms with E-state index in [1.807, 2.05) is 0 Å². The van der Waals surface area contributed by atoms with Crippen LogP contribution in [0.15, 0.2) is 59.1 Å². The van der Waals surface area contributed by atoms with Crippen LogP contribution in [0.25, 0.3) is 6.08 Å². The van der Waals surface area contributed by atoms with Crippen molar-refractivity contribution in [3.05, 3.63) is 65.6 Å². The lowest BCUT2D eigenvalue weighted by Gasteiger charge is -1.98. The molecule has 0 spiro atoms. The molecule has 0 saturated carbocycles. The first-order valence-electron chi connectivity index (χ1n) is 5.17. The molecule has 0 bridgehead atoms. The van der Waals surface area contributed by atoms with Gasteiger partial charge in [0.2, 0.25) is 0 Å². The summed E-state index contributed by atoms with van der Waals surface area (Å²) < 4.78 is 36.7. The lowest BCUT2D eigenvalue weighted by molar-refractivity contribution is 0.598. The van der Waals surface area contributed by atoms with Gasteiger partial charge in [0.25, 0.3) is 0 Å². The number of benzene rings is 1. The molecule has 2 rings (SSSR count). The summed E-state index contributed by atoms with van der Waals surface area (Å²) in [6, 6.07) is 8.27. The molecule has 0 aliphatic carbocycles. The van der Waals surface area contributed by atoms with Gasteiger partial charge in [-0.1, -0.05) is 6.07 Å². The van der Waals surface area contributed by atoms with E-state index in [4.69, 9.17) is 0 Å². The predicted octanol–water partition coefficient (Wildman–Crippen LogP) is 2.67. The van der Waals surface area contributed by atoms with Gasteiger partial charge >= 0.3 is 0 Å². The van der Waals surface area contributed by atoms with Gasteiger partial charge in [0.1, 0.15) is 5.82 Å². The molecule has 2 aromatic rings. The molecule has 92 valence electrons. The van der Waals surface area contributed by atoms with Gasteiger partial charge in [-0.2, -0.15) is 0 Å². The van der Waals surface area contributed by atoms with Crippen molar-refractivity contribution in [1.82, 2.24) is 4.98 Å². The van der Waals surface area contributed by atoms with Crippen LogP contribution in [0.5, 0.6) is 0 Å². The number of hydrogen-bond donors (Lipinski definition) is 0. The van der Waals surface area contributed by atoms with Crippen molar-refractivity contribution in [2.75, 3.05) is 0 Å². The third-order valence-corrected chi connectivity index (χ3v) is 3.68. The van der Waals surface area contributed by atoms with E-state index in [0.717, 1.165) is 11.5 Å². The molecule has 0 radical (unpaired) electrons. The first-order chi connectivity index (χ1) is 8.58. The van der Waals surface area contributed by atoms with Gasteiger partial charge in [-0.15, -0.1) is 0 Å². The molecular weight excluding hydrogens is 253 g/mol. The van der Waals surface area contributed by atoms with Gasteiger partial charge in [0, 0.05) is 17.8 Å². The third-order valence-electron chi connectivity index (χ3n) is 2.27. The minimum atomic E-state index is -3.62. The van der Waals surface area contributed by atoms with Crippen LogP contribution in [-0.2, 0) is 9.84 Å². The molecule has 0 unspecified atom stereocenters. The molecule has 0 atom stereocenters. The van der Waals surface area contributed by atoms with E-state index in [1.165, 1.54) is 24.3 Å². The Morgan fingerprint density at radius 2 is 1.83 bits per heavy atom. The lowest BCUT2D eigenvalue weighted by atomic mass is 10.3. The van der Waals surface area contributed by atoms with Crippen LogP contribution in [0.2, 0.25) is 0 Å². The second kappa shape index (κ2) is 5.10. The van der Waals surface area contributed by atoms with Crippen molar-refractivity contribution in [1.29, 1.82) is 0 Å². The van der Waals surface area contributed by atoms with E-state index >= 15 is 0 Å². The molecule has 1 heterocycles. The second-order valence-electron chi connectivity index (χ2n) is 3.59. The van der Waals surface area contributed by atoms with Crippen molar-refractivity contribution in [2.24, 2.45) is 0 Å². The number of aromatic nitrogens is 1. The molecule has 0 amide bonds. The smallest absolute Gasteiger partial charge is 0.199 e. The zero-order valence-corrected chi connectivity index (χ0v) is 10.1. The number of hydrogen-bond acceptors (Lipinski definition) is 3. The van der Waals surface area contributed by atoms with Gasteiger partial charge in [-0.25, -0.2) is 12.8 Å². The fourth-order valence-corrected chi connectivity index (χ4v) is 2.40. The monoisotopic (exact) mass is 263 g/mol. The first-order valence-corrected chi connectivity index (χ1v) is 6.71. The van der Waals surface area contributed by atoms with Crippen molar-refractivity contribution in [3.63, 3.8) is 0 Å². The van der Waals surface area contributed by atoms with Crippen LogP contribution in [0.3, 0.4) is 0 Å². The summed E-state index contributed by atoms with van der Waals surface area (Å²) >= 11 is 0. The zero-order valence-electron chi connectivity index (χ0n) is 9.32. The molecule has 0 aliphatic heterocycles. The summed E-state index contributed by atoms with van der Waals surface area (Å²) in [6.45, 7) is 0. The highest BCUT2D eigenvalue weighted by Crippen LogP contribution is 2.14. The number of pyridine rings is 1. The summed E-state index contributed by atoms with van der Waals surface area (Å²) in [5.74, 6) is -0.576. The molecule has 0 N–H and O–H groups in total. The van der Waals surface area contributed by atoms with Crippen molar-refractivity contribution >= 4 is 15.9 Å². The minimum Gasteiger partial charge on any atom is -0.265 e. The highest BCUT2D eigenvalue weighted by molar-refractivity contribution is 7.94. The average molecular weight is 263 g/mol. The van der Waals surface area contributed by atoms with Crippen LogP contribution in [-0.4, -0.2) is 13.4 Å². The fourth-order valence-electron chi connectivity index (χ4n) is 1.37. The summed E-state index contributed by atoms with van der Waals surface area (Å²) in [5.41, 5.74) is 0.713. The Balaban J connectivity index is 2.31. The van der Waals surface area contributed by atoms with E-state index in [0.29, 0.717) is 5.56 Å². The lowest BCUT2D eigenvalue weighted by Crippen LogP contribution is -1.96. The van der Waals surface area contributed by atoms with E-state index in [2.05, 4.69) is 4.98 Å². The Morgan fingerprint density at radius 1 is 1.11 bits per heavy atom. The summed E-state index contributed by atoms with van der Waals surface area (Å²) in [4.78, 5) is 3.76. The van der Waals surface area contributed by atoms with Gasteiger partial charge in [-0.05, 0) is 42.0 Å². The molecule has 1 aromatic carbocycles. The quantitative estimate of drug-likeness (QED) is 0.855. The number of halogens is 1. The maximum Gasteiger partial charge on any atom is 0.199 e. The highest BCUT2D eigenvalue weighted by Gasteiger charge is 2.10. The summed E-state index contributed by atoms with van der Waals surface area (Å²) in [6.07, 6.45) is 4.57. The topological polar surface area (TPSA) is 47.0 Å². The van der Waals surface area contributed by atoms with Crippen LogP contribution in [0.4, 0.5) is 4.39 Å². The number of rotatable bonds is 3. The van der Waals surface area contributed by atoms with Crippen molar-refractivity contribution in [2.45, 2.75) is 4.90 Å². The molecular formula is C13H10FNO2S. The Kier molecular flexibility index (Phi) is 3.53. The SMILES string of the molecule is O=S(=O)(/C=C/c1ccncc1)c1cccc(F)c1.